The molecule has 0 unspecified atom stereocenters. The molecule has 0 heterocycles. The third-order valence-corrected chi connectivity index (χ3v) is 4.40. The van der Waals surface area contributed by atoms with Crippen LogP contribution in [0.2, 0.25) is 0 Å². The number of carboxylic acid groups (broad SMARTS) is 1. The van der Waals surface area contributed by atoms with Crippen molar-refractivity contribution in [3.63, 3.8) is 0 Å². The van der Waals surface area contributed by atoms with Gasteiger partial charge in [0.05, 0.1) is 5.41 Å². The summed E-state index contributed by atoms with van der Waals surface area (Å²) in [5, 5.41) is 12.2. The molecule has 0 bridgehead atoms. The van der Waals surface area contributed by atoms with Gasteiger partial charge in [-0.2, -0.15) is 0 Å². The Hall–Kier alpha value is -1.26. The van der Waals surface area contributed by atoms with E-state index in [4.69, 9.17) is 0 Å². The van der Waals surface area contributed by atoms with Gasteiger partial charge in [0.15, 0.2) is 0 Å². The molecule has 5 nitrogen and oxygen atoms in total. The van der Waals surface area contributed by atoms with Crippen LogP contribution in [0.25, 0.3) is 0 Å². The van der Waals surface area contributed by atoms with Crippen molar-refractivity contribution < 1.29 is 14.7 Å². The quantitative estimate of drug-likeness (QED) is 0.779. The summed E-state index contributed by atoms with van der Waals surface area (Å²) in [6.07, 6.45) is 5.01. The van der Waals surface area contributed by atoms with E-state index in [1.807, 2.05) is 13.8 Å². The summed E-state index contributed by atoms with van der Waals surface area (Å²) in [5.74, 6) is -0.782. The smallest absolute Gasteiger partial charge is 0.317 e. The van der Waals surface area contributed by atoms with E-state index >= 15 is 0 Å². The van der Waals surface area contributed by atoms with Crippen LogP contribution in [-0.2, 0) is 4.79 Å². The lowest BCUT2D eigenvalue weighted by atomic mass is 9.86. The minimum atomic E-state index is -0.782. The molecule has 1 saturated carbocycles. The van der Waals surface area contributed by atoms with Crippen molar-refractivity contribution in [2.75, 3.05) is 13.6 Å². The molecule has 0 aromatic carbocycles. The summed E-state index contributed by atoms with van der Waals surface area (Å²) >= 11 is 0. The molecule has 1 rings (SSSR count). The molecule has 5 heteroatoms. The van der Waals surface area contributed by atoms with Gasteiger partial charge in [-0.25, -0.2) is 4.79 Å². The highest BCUT2D eigenvalue weighted by Crippen LogP contribution is 2.37. The molecule has 0 radical (unpaired) electrons. The predicted molar refractivity (Wildman–Crippen MR) is 74.1 cm³/mol. The Balaban J connectivity index is 2.55. The summed E-state index contributed by atoms with van der Waals surface area (Å²) in [6.45, 7) is 4.34. The lowest BCUT2D eigenvalue weighted by Crippen LogP contribution is -2.48. The number of carbonyl (C=O) groups is 2. The van der Waals surface area contributed by atoms with Gasteiger partial charge in [0.1, 0.15) is 0 Å². The molecule has 0 spiro atoms. The van der Waals surface area contributed by atoms with E-state index in [2.05, 4.69) is 5.32 Å². The second-order valence-corrected chi connectivity index (χ2v) is 5.53. The third-order valence-electron chi connectivity index (χ3n) is 4.40. The minimum absolute atomic E-state index is 0.166. The number of hydrogen-bond acceptors (Lipinski definition) is 2. The van der Waals surface area contributed by atoms with Gasteiger partial charge in [-0.15, -0.1) is 0 Å². The Kier molecular flexibility index (Phi) is 5.63. The van der Waals surface area contributed by atoms with Crippen LogP contribution in [0, 0.1) is 5.41 Å². The maximum absolute atomic E-state index is 12.0. The third kappa shape index (κ3) is 3.61. The number of nitrogens with zero attached hydrogens (tertiary/aromatic N) is 1. The molecule has 1 fully saturated rings. The summed E-state index contributed by atoms with van der Waals surface area (Å²) in [7, 11) is 1.77. The molecule has 0 atom stereocenters. The average Bonchev–Trinajstić information content (AvgIpc) is 2.87. The molecule has 0 saturated heterocycles. The molecule has 1 aliphatic rings. The second-order valence-electron chi connectivity index (χ2n) is 5.53. The standard InChI is InChI=1S/C14H26N2O3/c1-4-11(5-2)16(3)13(19)15-10-14(12(17)18)8-6-7-9-14/h11H,4-10H2,1-3H3,(H,15,19)(H,17,18). The highest BCUT2D eigenvalue weighted by molar-refractivity contribution is 5.78. The van der Waals surface area contributed by atoms with E-state index in [0.29, 0.717) is 12.8 Å². The zero-order valence-corrected chi connectivity index (χ0v) is 12.2. The van der Waals surface area contributed by atoms with Gasteiger partial charge >= 0.3 is 12.0 Å². The van der Waals surface area contributed by atoms with Crippen molar-refractivity contribution in [2.24, 2.45) is 5.41 Å². The first-order valence-electron chi connectivity index (χ1n) is 7.21. The molecule has 2 amide bonds. The van der Waals surface area contributed by atoms with Crippen LogP contribution in [0.1, 0.15) is 52.4 Å². The van der Waals surface area contributed by atoms with Gasteiger partial charge in [-0.1, -0.05) is 26.7 Å². The SMILES string of the molecule is CCC(CC)N(C)C(=O)NCC1(C(=O)O)CCCC1. The van der Waals surface area contributed by atoms with Gasteiger partial charge in [0.2, 0.25) is 0 Å². The Labute approximate surface area is 115 Å². The fourth-order valence-electron chi connectivity index (χ4n) is 2.89. The van der Waals surface area contributed by atoms with E-state index in [1.165, 1.54) is 0 Å². The van der Waals surface area contributed by atoms with Crippen LogP contribution < -0.4 is 5.32 Å². The topological polar surface area (TPSA) is 69.6 Å². The average molecular weight is 270 g/mol. The van der Waals surface area contributed by atoms with Crippen molar-refractivity contribution in [1.29, 1.82) is 0 Å². The summed E-state index contributed by atoms with van der Waals surface area (Å²) in [4.78, 5) is 25.1. The van der Waals surface area contributed by atoms with Crippen LogP contribution in [0.3, 0.4) is 0 Å². The largest absolute Gasteiger partial charge is 0.481 e. The van der Waals surface area contributed by atoms with Crippen molar-refractivity contribution in [1.82, 2.24) is 10.2 Å². The molecule has 0 aromatic rings. The van der Waals surface area contributed by atoms with Gasteiger partial charge in [-0.3, -0.25) is 4.79 Å². The van der Waals surface area contributed by atoms with Gasteiger partial charge in [-0.05, 0) is 25.7 Å². The van der Waals surface area contributed by atoms with Crippen molar-refractivity contribution in [2.45, 2.75) is 58.4 Å². The molecule has 0 aliphatic heterocycles. The van der Waals surface area contributed by atoms with Crippen molar-refractivity contribution >= 4 is 12.0 Å². The van der Waals surface area contributed by atoms with Crippen LogP contribution in [0.15, 0.2) is 0 Å². The van der Waals surface area contributed by atoms with Gasteiger partial charge < -0.3 is 15.3 Å². The zero-order chi connectivity index (χ0) is 14.5. The van der Waals surface area contributed by atoms with E-state index in [1.54, 1.807) is 11.9 Å². The number of carbonyl (C=O) groups excluding carboxylic acids is 1. The van der Waals surface area contributed by atoms with E-state index in [-0.39, 0.29) is 18.6 Å². The van der Waals surface area contributed by atoms with Crippen LogP contribution >= 0.6 is 0 Å². The first kappa shape index (κ1) is 15.8. The highest BCUT2D eigenvalue weighted by atomic mass is 16.4. The monoisotopic (exact) mass is 270 g/mol. The normalized spacial score (nSPS) is 17.5. The molecule has 2 N–H and O–H groups in total. The van der Waals surface area contributed by atoms with Crippen molar-refractivity contribution in [3.8, 4) is 0 Å². The minimum Gasteiger partial charge on any atom is -0.481 e. The molecule has 1 aliphatic carbocycles. The first-order valence-corrected chi connectivity index (χ1v) is 7.21. The van der Waals surface area contributed by atoms with Gasteiger partial charge in [0, 0.05) is 19.6 Å². The Morgan fingerprint density at radius 2 is 1.79 bits per heavy atom. The van der Waals surface area contributed by atoms with E-state index in [0.717, 1.165) is 25.7 Å². The number of nitrogens with one attached hydrogen (secondary N) is 1. The zero-order valence-electron chi connectivity index (χ0n) is 12.2. The summed E-state index contributed by atoms with van der Waals surface area (Å²) in [5.41, 5.74) is -0.746. The maximum atomic E-state index is 12.0. The highest BCUT2D eigenvalue weighted by Gasteiger charge is 2.41. The number of amides is 2. The fraction of sp³-hybridized carbons (Fsp3) is 0.857. The molecule has 19 heavy (non-hydrogen) atoms. The Morgan fingerprint density at radius 3 is 2.21 bits per heavy atom. The molecular weight excluding hydrogens is 244 g/mol. The lowest BCUT2D eigenvalue weighted by molar-refractivity contribution is -0.148. The van der Waals surface area contributed by atoms with Crippen LogP contribution in [0.5, 0.6) is 0 Å². The predicted octanol–water partition coefficient (Wildman–Crippen LogP) is 2.46. The van der Waals surface area contributed by atoms with E-state index in [9.17, 15) is 14.7 Å². The number of aliphatic carboxylic acids is 1. The summed E-state index contributed by atoms with van der Waals surface area (Å²) in [6, 6.07) is 0.0468. The molecule has 0 aromatic heterocycles. The first-order chi connectivity index (χ1) is 8.96. The number of rotatable bonds is 6. The number of urea groups is 1. The van der Waals surface area contributed by atoms with Crippen LogP contribution in [-0.4, -0.2) is 41.6 Å². The Bertz CT molecular complexity index is 321. The van der Waals surface area contributed by atoms with Gasteiger partial charge in [0.25, 0.3) is 0 Å². The summed E-state index contributed by atoms with van der Waals surface area (Å²) < 4.78 is 0. The van der Waals surface area contributed by atoms with E-state index < -0.39 is 11.4 Å². The number of hydrogen-bond donors (Lipinski definition) is 2. The number of carboxylic acids is 1. The molecule has 110 valence electrons. The van der Waals surface area contributed by atoms with Crippen molar-refractivity contribution in [3.05, 3.63) is 0 Å². The van der Waals surface area contributed by atoms with Crippen LogP contribution in [0.4, 0.5) is 4.79 Å². The maximum Gasteiger partial charge on any atom is 0.317 e. The molecular formula is C14H26N2O3. The fourth-order valence-corrected chi connectivity index (χ4v) is 2.89. The second kappa shape index (κ2) is 6.78. The lowest BCUT2D eigenvalue weighted by Gasteiger charge is -2.29. The Morgan fingerprint density at radius 1 is 1.26 bits per heavy atom.